The largest absolute Gasteiger partial charge is 0.354 e. The predicted octanol–water partition coefficient (Wildman–Crippen LogP) is 3.23. The average molecular weight is 292 g/mol. The highest BCUT2D eigenvalue weighted by molar-refractivity contribution is 5.83. The second kappa shape index (κ2) is 4.97. The predicted molar refractivity (Wildman–Crippen MR) is 85.7 cm³/mol. The number of nitrogens with two attached hydrogens (primary N) is 1. The van der Waals surface area contributed by atoms with Gasteiger partial charge in [-0.15, -0.1) is 0 Å². The Bertz CT molecular complexity index is 413. The number of amides is 1. The van der Waals surface area contributed by atoms with Crippen molar-refractivity contribution in [2.45, 2.75) is 77.7 Å². The fourth-order valence-corrected chi connectivity index (χ4v) is 5.93. The zero-order chi connectivity index (χ0) is 15.3. The summed E-state index contributed by atoms with van der Waals surface area (Å²) in [5.41, 5.74) is 6.47. The lowest BCUT2D eigenvalue weighted by Crippen LogP contribution is -2.59. The highest BCUT2D eigenvalue weighted by Gasteiger charge is 2.58. The smallest absolute Gasteiger partial charge is 0.226 e. The second-order valence-corrected chi connectivity index (χ2v) is 8.80. The fraction of sp³-hybridized carbons (Fsp3) is 0.944. The van der Waals surface area contributed by atoms with Crippen LogP contribution in [0.3, 0.4) is 0 Å². The summed E-state index contributed by atoms with van der Waals surface area (Å²) in [6, 6.07) is 0. The standard InChI is InChI=1S/C18H32N2O/c1-4-18(19,5-2)12-20-15(21)17-9-13-6-14(10-17)8-16(3,7-13)11-17/h13-14H,4-12,19H2,1-3H3,(H,20,21). The van der Waals surface area contributed by atoms with E-state index >= 15 is 0 Å². The van der Waals surface area contributed by atoms with Crippen LogP contribution in [0, 0.1) is 22.7 Å². The Hall–Kier alpha value is -0.570. The molecule has 3 heteroatoms. The van der Waals surface area contributed by atoms with Gasteiger partial charge in [-0.3, -0.25) is 4.79 Å². The minimum absolute atomic E-state index is 0.0682. The maximum absolute atomic E-state index is 13.0. The van der Waals surface area contributed by atoms with Crippen molar-refractivity contribution in [2.75, 3.05) is 6.54 Å². The van der Waals surface area contributed by atoms with Crippen LogP contribution in [0.15, 0.2) is 0 Å². The van der Waals surface area contributed by atoms with E-state index in [-0.39, 0.29) is 11.0 Å². The zero-order valence-corrected chi connectivity index (χ0v) is 14.0. The molecule has 2 atom stereocenters. The van der Waals surface area contributed by atoms with Crippen molar-refractivity contribution in [1.29, 1.82) is 0 Å². The number of carbonyl (C=O) groups excluding carboxylic acids is 1. The molecule has 0 spiro atoms. The van der Waals surface area contributed by atoms with E-state index in [4.69, 9.17) is 5.73 Å². The summed E-state index contributed by atoms with van der Waals surface area (Å²) >= 11 is 0. The highest BCUT2D eigenvalue weighted by atomic mass is 16.2. The van der Waals surface area contributed by atoms with Crippen molar-refractivity contribution >= 4 is 5.91 Å². The maximum Gasteiger partial charge on any atom is 0.226 e. The number of carbonyl (C=O) groups is 1. The normalized spacial score (nSPS) is 41.3. The molecule has 4 rings (SSSR count). The van der Waals surface area contributed by atoms with Gasteiger partial charge < -0.3 is 11.1 Å². The summed E-state index contributed by atoms with van der Waals surface area (Å²) < 4.78 is 0. The first kappa shape index (κ1) is 15.3. The highest BCUT2D eigenvalue weighted by Crippen LogP contribution is 2.65. The number of hydrogen-bond acceptors (Lipinski definition) is 2. The SMILES string of the molecule is CCC(N)(CC)CNC(=O)C12CC3CC(CC(C)(C3)C1)C2. The van der Waals surface area contributed by atoms with Crippen LogP contribution in [0.5, 0.6) is 0 Å². The molecule has 120 valence electrons. The Morgan fingerprint density at radius 2 is 1.76 bits per heavy atom. The van der Waals surface area contributed by atoms with Gasteiger partial charge in [0.1, 0.15) is 0 Å². The summed E-state index contributed by atoms with van der Waals surface area (Å²) in [4.78, 5) is 13.0. The molecule has 0 saturated heterocycles. The third kappa shape index (κ3) is 2.62. The average Bonchev–Trinajstić information content (AvgIpc) is 2.41. The van der Waals surface area contributed by atoms with Gasteiger partial charge in [-0.1, -0.05) is 20.8 Å². The molecule has 0 aromatic rings. The summed E-state index contributed by atoms with van der Waals surface area (Å²) in [7, 11) is 0. The molecule has 2 unspecified atom stereocenters. The third-order valence-corrected chi connectivity index (χ3v) is 6.84. The van der Waals surface area contributed by atoms with Gasteiger partial charge in [-0.2, -0.15) is 0 Å². The van der Waals surface area contributed by atoms with Crippen molar-refractivity contribution in [2.24, 2.45) is 28.4 Å². The fourth-order valence-electron chi connectivity index (χ4n) is 5.93. The number of rotatable bonds is 5. The van der Waals surface area contributed by atoms with E-state index in [0.717, 1.165) is 43.9 Å². The van der Waals surface area contributed by atoms with E-state index in [1.165, 1.54) is 19.3 Å². The van der Waals surface area contributed by atoms with Gasteiger partial charge in [-0.25, -0.2) is 0 Å². The Morgan fingerprint density at radius 3 is 2.24 bits per heavy atom. The van der Waals surface area contributed by atoms with E-state index in [1.807, 2.05) is 0 Å². The Morgan fingerprint density at radius 1 is 1.19 bits per heavy atom. The molecule has 4 aliphatic rings. The molecule has 0 heterocycles. The van der Waals surface area contributed by atoms with E-state index < -0.39 is 0 Å². The van der Waals surface area contributed by atoms with Crippen molar-refractivity contribution < 1.29 is 4.79 Å². The van der Waals surface area contributed by atoms with E-state index in [0.29, 0.717) is 17.9 Å². The summed E-state index contributed by atoms with van der Waals surface area (Å²) in [5.74, 6) is 1.89. The molecule has 1 amide bonds. The number of hydrogen-bond donors (Lipinski definition) is 2. The van der Waals surface area contributed by atoms with Crippen molar-refractivity contribution in [3.8, 4) is 0 Å². The monoisotopic (exact) mass is 292 g/mol. The Labute approximate surface area is 129 Å². The molecular formula is C18H32N2O. The van der Waals surface area contributed by atoms with E-state index in [9.17, 15) is 4.79 Å². The number of nitrogens with one attached hydrogen (secondary N) is 1. The van der Waals surface area contributed by atoms with Crippen LogP contribution in [0.1, 0.15) is 72.1 Å². The molecule has 21 heavy (non-hydrogen) atoms. The van der Waals surface area contributed by atoms with Crippen molar-refractivity contribution in [3.05, 3.63) is 0 Å². The molecular weight excluding hydrogens is 260 g/mol. The van der Waals surface area contributed by atoms with Crippen LogP contribution in [-0.2, 0) is 4.79 Å². The van der Waals surface area contributed by atoms with Gasteiger partial charge in [0, 0.05) is 12.1 Å². The summed E-state index contributed by atoms with van der Waals surface area (Å²) in [6.07, 6.45) is 9.26. The molecule has 3 N–H and O–H groups in total. The van der Waals surface area contributed by atoms with Gasteiger partial charge in [0.05, 0.1) is 5.41 Å². The van der Waals surface area contributed by atoms with Gasteiger partial charge in [0.2, 0.25) is 5.91 Å². The van der Waals surface area contributed by atoms with E-state index in [2.05, 4.69) is 26.1 Å². The van der Waals surface area contributed by atoms with Crippen LogP contribution in [0.25, 0.3) is 0 Å². The maximum atomic E-state index is 13.0. The molecule has 0 aromatic heterocycles. The van der Waals surface area contributed by atoms with Crippen LogP contribution in [-0.4, -0.2) is 18.0 Å². The molecule has 0 aromatic carbocycles. The quantitative estimate of drug-likeness (QED) is 0.817. The van der Waals surface area contributed by atoms with Crippen LogP contribution in [0.2, 0.25) is 0 Å². The van der Waals surface area contributed by atoms with Crippen LogP contribution in [0.4, 0.5) is 0 Å². The Kier molecular flexibility index (Phi) is 3.63. The topological polar surface area (TPSA) is 55.1 Å². The first-order valence-electron chi connectivity index (χ1n) is 8.89. The molecule has 0 radical (unpaired) electrons. The molecule has 4 aliphatic carbocycles. The molecule has 4 fully saturated rings. The first-order chi connectivity index (χ1) is 9.82. The van der Waals surface area contributed by atoms with Crippen molar-refractivity contribution in [3.63, 3.8) is 0 Å². The molecule has 3 nitrogen and oxygen atoms in total. The lowest BCUT2D eigenvalue weighted by Gasteiger charge is -2.60. The third-order valence-electron chi connectivity index (χ3n) is 6.84. The van der Waals surface area contributed by atoms with Gasteiger partial charge in [-0.05, 0) is 68.6 Å². The van der Waals surface area contributed by atoms with Crippen LogP contribution < -0.4 is 11.1 Å². The minimum Gasteiger partial charge on any atom is -0.354 e. The lowest BCUT2D eigenvalue weighted by molar-refractivity contribution is -0.155. The first-order valence-corrected chi connectivity index (χ1v) is 8.89. The summed E-state index contributed by atoms with van der Waals surface area (Å²) in [5, 5.41) is 3.24. The van der Waals surface area contributed by atoms with Crippen molar-refractivity contribution in [1.82, 2.24) is 5.32 Å². The minimum atomic E-state index is -0.234. The van der Waals surface area contributed by atoms with E-state index in [1.54, 1.807) is 0 Å². The van der Waals surface area contributed by atoms with Gasteiger partial charge >= 0.3 is 0 Å². The second-order valence-electron chi connectivity index (χ2n) is 8.80. The molecule has 0 aliphatic heterocycles. The zero-order valence-electron chi connectivity index (χ0n) is 14.0. The van der Waals surface area contributed by atoms with Gasteiger partial charge in [0.25, 0.3) is 0 Å². The lowest BCUT2D eigenvalue weighted by atomic mass is 9.44. The van der Waals surface area contributed by atoms with Gasteiger partial charge in [0.15, 0.2) is 0 Å². The molecule has 4 bridgehead atoms. The Balaban J connectivity index is 1.70. The summed E-state index contributed by atoms with van der Waals surface area (Å²) in [6.45, 7) is 7.27. The van der Waals surface area contributed by atoms with Crippen LogP contribution >= 0.6 is 0 Å². The molecule has 4 saturated carbocycles.